The van der Waals surface area contributed by atoms with Crippen molar-refractivity contribution in [2.45, 2.75) is 0 Å². The number of phenolic OH excluding ortho intramolecular Hbond substituents is 1. The van der Waals surface area contributed by atoms with E-state index >= 15 is 0 Å². The molecular weight excluding hydrogens is 292 g/mol. The van der Waals surface area contributed by atoms with Crippen molar-refractivity contribution in [3.8, 4) is 5.75 Å². The average molecular weight is 300 g/mol. The highest BCUT2D eigenvalue weighted by Gasteiger charge is 2.12. The summed E-state index contributed by atoms with van der Waals surface area (Å²) in [6.07, 6.45) is 0. The molecule has 0 spiro atoms. The van der Waals surface area contributed by atoms with Crippen molar-refractivity contribution < 1.29 is 14.3 Å². The second-order valence-electron chi connectivity index (χ2n) is 3.74. The van der Waals surface area contributed by atoms with Crippen LogP contribution in [0.1, 0.15) is 10.4 Å². The molecule has 1 amide bonds. The predicted molar refractivity (Wildman–Crippen MR) is 72.5 cm³/mol. The number of carbonyl (C=O) groups is 1. The molecule has 3 nitrogen and oxygen atoms in total. The van der Waals surface area contributed by atoms with Gasteiger partial charge in [0.15, 0.2) is 0 Å². The summed E-state index contributed by atoms with van der Waals surface area (Å²) in [7, 11) is 0. The van der Waals surface area contributed by atoms with Gasteiger partial charge in [-0.1, -0.05) is 23.2 Å². The van der Waals surface area contributed by atoms with Gasteiger partial charge >= 0.3 is 0 Å². The number of benzene rings is 2. The molecule has 0 atom stereocenters. The summed E-state index contributed by atoms with van der Waals surface area (Å²) in [5.41, 5.74) is 0.218. The van der Waals surface area contributed by atoms with Gasteiger partial charge in [-0.15, -0.1) is 0 Å². The zero-order valence-electron chi connectivity index (χ0n) is 9.45. The van der Waals surface area contributed by atoms with Gasteiger partial charge in [-0.3, -0.25) is 4.79 Å². The molecule has 2 N–H and O–H groups in total. The van der Waals surface area contributed by atoms with Crippen molar-refractivity contribution in [1.82, 2.24) is 0 Å². The zero-order chi connectivity index (χ0) is 14.0. The minimum Gasteiger partial charge on any atom is -0.506 e. The standard InChI is InChI=1S/C13H8Cl2FNO2/c14-7-1-3-9(11(16)5-7)13(19)17-8-2-4-12(18)10(15)6-8/h1-6,18H,(H,17,19). The molecule has 0 saturated carbocycles. The van der Waals surface area contributed by atoms with Gasteiger partial charge in [-0.05, 0) is 36.4 Å². The fraction of sp³-hybridized carbons (Fsp3) is 0. The zero-order valence-corrected chi connectivity index (χ0v) is 11.0. The molecular formula is C13H8Cl2FNO2. The maximum atomic E-state index is 13.5. The van der Waals surface area contributed by atoms with Crippen molar-refractivity contribution in [3.63, 3.8) is 0 Å². The van der Waals surface area contributed by atoms with Crippen molar-refractivity contribution in [1.29, 1.82) is 0 Å². The molecule has 2 aromatic carbocycles. The van der Waals surface area contributed by atoms with Gasteiger partial charge in [0.2, 0.25) is 0 Å². The molecule has 6 heteroatoms. The Morgan fingerprint density at radius 2 is 1.89 bits per heavy atom. The summed E-state index contributed by atoms with van der Waals surface area (Å²) >= 11 is 11.3. The van der Waals surface area contributed by atoms with Gasteiger partial charge < -0.3 is 10.4 Å². The molecule has 19 heavy (non-hydrogen) atoms. The lowest BCUT2D eigenvalue weighted by Gasteiger charge is -2.07. The minimum atomic E-state index is -0.713. The van der Waals surface area contributed by atoms with Crippen LogP contribution in [0.25, 0.3) is 0 Å². The smallest absolute Gasteiger partial charge is 0.258 e. The second kappa shape index (κ2) is 5.47. The third-order valence-electron chi connectivity index (χ3n) is 2.38. The molecule has 0 aliphatic heterocycles. The third-order valence-corrected chi connectivity index (χ3v) is 2.92. The number of aromatic hydroxyl groups is 1. The van der Waals surface area contributed by atoms with Gasteiger partial charge in [-0.25, -0.2) is 4.39 Å². The Bertz CT molecular complexity index is 647. The molecule has 0 aliphatic rings. The summed E-state index contributed by atoms with van der Waals surface area (Å²) in [6.45, 7) is 0. The first-order chi connectivity index (χ1) is 8.97. The molecule has 2 rings (SSSR count). The molecule has 98 valence electrons. The number of hydrogen-bond donors (Lipinski definition) is 2. The minimum absolute atomic E-state index is 0.0920. The first kappa shape index (κ1) is 13.6. The van der Waals surface area contributed by atoms with E-state index < -0.39 is 11.7 Å². The van der Waals surface area contributed by atoms with E-state index in [1.165, 1.54) is 30.3 Å². The lowest BCUT2D eigenvalue weighted by atomic mass is 10.2. The monoisotopic (exact) mass is 299 g/mol. The highest BCUT2D eigenvalue weighted by molar-refractivity contribution is 6.32. The molecule has 0 radical (unpaired) electrons. The number of rotatable bonds is 2. The predicted octanol–water partition coefficient (Wildman–Crippen LogP) is 4.09. The lowest BCUT2D eigenvalue weighted by Crippen LogP contribution is -2.13. The van der Waals surface area contributed by atoms with Crippen LogP contribution >= 0.6 is 23.2 Å². The van der Waals surface area contributed by atoms with Crippen LogP contribution in [0.2, 0.25) is 10.0 Å². The maximum absolute atomic E-state index is 13.5. The van der Waals surface area contributed by atoms with E-state index in [1.54, 1.807) is 0 Å². The number of halogens is 3. The van der Waals surface area contributed by atoms with Gasteiger partial charge in [-0.2, -0.15) is 0 Å². The molecule has 0 unspecified atom stereocenters. The Kier molecular flexibility index (Phi) is 3.93. The van der Waals surface area contributed by atoms with Crippen LogP contribution in [0.4, 0.5) is 10.1 Å². The number of nitrogens with one attached hydrogen (secondary N) is 1. The molecule has 0 aromatic heterocycles. The van der Waals surface area contributed by atoms with E-state index in [-0.39, 0.29) is 21.4 Å². The third kappa shape index (κ3) is 3.16. The lowest BCUT2D eigenvalue weighted by molar-refractivity contribution is 0.102. The second-order valence-corrected chi connectivity index (χ2v) is 4.59. The maximum Gasteiger partial charge on any atom is 0.258 e. The fourth-order valence-electron chi connectivity index (χ4n) is 1.46. The Morgan fingerprint density at radius 1 is 1.16 bits per heavy atom. The average Bonchev–Trinajstić information content (AvgIpc) is 2.33. The highest BCUT2D eigenvalue weighted by atomic mass is 35.5. The molecule has 0 aliphatic carbocycles. The summed E-state index contributed by atoms with van der Waals surface area (Å²) in [4.78, 5) is 11.8. The molecule has 2 aromatic rings. The van der Waals surface area contributed by atoms with Crippen molar-refractivity contribution in [2.75, 3.05) is 5.32 Å². The van der Waals surface area contributed by atoms with Crippen LogP contribution in [0.5, 0.6) is 5.75 Å². The van der Waals surface area contributed by atoms with Gasteiger partial charge in [0.25, 0.3) is 5.91 Å². The topological polar surface area (TPSA) is 49.3 Å². The van der Waals surface area contributed by atoms with Crippen LogP contribution in [-0.2, 0) is 0 Å². The first-order valence-electron chi connectivity index (χ1n) is 5.22. The van der Waals surface area contributed by atoms with E-state index in [0.717, 1.165) is 6.07 Å². The van der Waals surface area contributed by atoms with Crippen molar-refractivity contribution in [3.05, 3.63) is 57.8 Å². The Morgan fingerprint density at radius 3 is 2.53 bits per heavy atom. The summed E-state index contributed by atoms with van der Waals surface area (Å²) in [5.74, 6) is -1.44. The van der Waals surface area contributed by atoms with Crippen LogP contribution in [0.3, 0.4) is 0 Å². The van der Waals surface area contributed by atoms with Gasteiger partial charge in [0.1, 0.15) is 11.6 Å². The van der Waals surface area contributed by atoms with Crippen LogP contribution in [0, 0.1) is 5.82 Å². The summed E-state index contributed by atoms with van der Waals surface area (Å²) in [5, 5.41) is 12.0. The van der Waals surface area contributed by atoms with Crippen molar-refractivity contribution in [2.24, 2.45) is 0 Å². The quantitative estimate of drug-likeness (QED) is 0.821. The number of carbonyl (C=O) groups excluding carboxylic acids is 1. The van der Waals surface area contributed by atoms with E-state index in [9.17, 15) is 14.3 Å². The van der Waals surface area contributed by atoms with E-state index in [1.807, 2.05) is 0 Å². The summed E-state index contributed by atoms with van der Waals surface area (Å²) < 4.78 is 13.5. The molecule has 0 fully saturated rings. The molecule has 0 saturated heterocycles. The first-order valence-corrected chi connectivity index (χ1v) is 5.98. The largest absolute Gasteiger partial charge is 0.506 e. The number of anilines is 1. The van der Waals surface area contributed by atoms with Gasteiger partial charge in [0, 0.05) is 10.7 Å². The normalized spacial score (nSPS) is 10.3. The SMILES string of the molecule is O=C(Nc1ccc(O)c(Cl)c1)c1ccc(Cl)cc1F. The Hall–Kier alpha value is -1.78. The number of phenols is 1. The highest BCUT2D eigenvalue weighted by Crippen LogP contribution is 2.26. The van der Waals surface area contributed by atoms with Crippen LogP contribution in [-0.4, -0.2) is 11.0 Å². The van der Waals surface area contributed by atoms with Crippen LogP contribution in [0.15, 0.2) is 36.4 Å². The number of hydrogen-bond acceptors (Lipinski definition) is 2. The van der Waals surface area contributed by atoms with E-state index in [4.69, 9.17) is 23.2 Å². The van der Waals surface area contributed by atoms with E-state index in [0.29, 0.717) is 5.69 Å². The van der Waals surface area contributed by atoms with Crippen molar-refractivity contribution >= 4 is 34.8 Å². The Balaban J connectivity index is 2.23. The van der Waals surface area contributed by atoms with Gasteiger partial charge in [0.05, 0.1) is 10.6 Å². The van der Waals surface area contributed by atoms with Crippen LogP contribution < -0.4 is 5.32 Å². The summed E-state index contributed by atoms with van der Waals surface area (Å²) in [6, 6.07) is 7.91. The fourth-order valence-corrected chi connectivity index (χ4v) is 1.80. The Labute approximate surface area is 118 Å². The molecule has 0 bridgehead atoms. The van der Waals surface area contributed by atoms with E-state index in [2.05, 4.69) is 5.32 Å². The number of amides is 1. The molecule has 0 heterocycles.